The first-order valence-electron chi connectivity index (χ1n) is 5.89. The SMILES string of the molecule is Cc1ccc(N(CCO)CCOCCO)cc1. The Hall–Kier alpha value is -1.10. The number of anilines is 1. The molecule has 0 aliphatic carbocycles. The van der Waals surface area contributed by atoms with Crippen LogP contribution in [0.2, 0.25) is 0 Å². The molecule has 17 heavy (non-hydrogen) atoms. The van der Waals surface area contributed by atoms with Crippen LogP contribution in [0.5, 0.6) is 0 Å². The van der Waals surface area contributed by atoms with Gasteiger partial charge in [0.05, 0.1) is 26.4 Å². The van der Waals surface area contributed by atoms with Crippen LogP contribution in [0.1, 0.15) is 5.56 Å². The summed E-state index contributed by atoms with van der Waals surface area (Å²) in [6.45, 7) is 4.42. The van der Waals surface area contributed by atoms with Gasteiger partial charge in [0.2, 0.25) is 0 Å². The van der Waals surface area contributed by atoms with Gasteiger partial charge in [-0.3, -0.25) is 0 Å². The van der Waals surface area contributed by atoms with E-state index < -0.39 is 0 Å². The number of hydrogen-bond acceptors (Lipinski definition) is 4. The molecule has 1 aromatic rings. The lowest BCUT2D eigenvalue weighted by Gasteiger charge is -2.24. The van der Waals surface area contributed by atoms with Crippen molar-refractivity contribution in [1.29, 1.82) is 0 Å². The Balaban J connectivity index is 2.49. The maximum absolute atomic E-state index is 9.03. The molecule has 0 saturated carbocycles. The third kappa shape index (κ3) is 5.17. The maximum Gasteiger partial charge on any atom is 0.0698 e. The standard InChI is InChI=1S/C13H21NO3/c1-12-2-4-13(5-3-12)14(6-8-15)7-10-17-11-9-16/h2-5,15-16H,6-11H2,1H3. The zero-order chi connectivity index (χ0) is 12.5. The summed E-state index contributed by atoms with van der Waals surface area (Å²) < 4.78 is 5.23. The Labute approximate surface area is 102 Å². The van der Waals surface area contributed by atoms with E-state index in [1.54, 1.807) is 0 Å². The van der Waals surface area contributed by atoms with E-state index in [4.69, 9.17) is 14.9 Å². The zero-order valence-corrected chi connectivity index (χ0v) is 10.3. The van der Waals surface area contributed by atoms with Crippen molar-refractivity contribution in [3.63, 3.8) is 0 Å². The van der Waals surface area contributed by atoms with Crippen LogP contribution >= 0.6 is 0 Å². The molecule has 0 unspecified atom stereocenters. The molecule has 0 aromatic heterocycles. The van der Waals surface area contributed by atoms with Crippen molar-refractivity contribution in [1.82, 2.24) is 0 Å². The van der Waals surface area contributed by atoms with Crippen molar-refractivity contribution in [3.05, 3.63) is 29.8 Å². The molecular formula is C13H21NO3. The van der Waals surface area contributed by atoms with Crippen LogP contribution in [0.3, 0.4) is 0 Å². The van der Waals surface area contributed by atoms with E-state index in [9.17, 15) is 0 Å². The normalized spacial score (nSPS) is 10.5. The summed E-state index contributed by atoms with van der Waals surface area (Å²) in [6, 6.07) is 8.18. The number of nitrogens with zero attached hydrogens (tertiary/aromatic N) is 1. The molecule has 2 N–H and O–H groups in total. The van der Waals surface area contributed by atoms with Gasteiger partial charge in [0, 0.05) is 18.8 Å². The van der Waals surface area contributed by atoms with Gasteiger partial charge < -0.3 is 19.8 Å². The molecule has 1 rings (SSSR count). The van der Waals surface area contributed by atoms with E-state index in [1.807, 2.05) is 31.2 Å². The van der Waals surface area contributed by atoms with Crippen LogP contribution in [-0.4, -0.2) is 49.7 Å². The molecule has 0 aliphatic rings. The van der Waals surface area contributed by atoms with Gasteiger partial charge in [-0.15, -0.1) is 0 Å². The van der Waals surface area contributed by atoms with E-state index in [1.165, 1.54) is 5.56 Å². The third-order valence-electron chi connectivity index (χ3n) is 2.51. The van der Waals surface area contributed by atoms with E-state index in [2.05, 4.69) is 4.90 Å². The second-order valence-corrected chi connectivity index (χ2v) is 3.88. The minimum Gasteiger partial charge on any atom is -0.395 e. The monoisotopic (exact) mass is 239 g/mol. The van der Waals surface area contributed by atoms with Crippen LogP contribution in [0.4, 0.5) is 5.69 Å². The fourth-order valence-corrected chi connectivity index (χ4v) is 1.59. The molecule has 0 atom stereocenters. The average molecular weight is 239 g/mol. The molecule has 0 spiro atoms. The Morgan fingerprint density at radius 1 is 1.00 bits per heavy atom. The van der Waals surface area contributed by atoms with Crippen LogP contribution in [0.25, 0.3) is 0 Å². The summed E-state index contributed by atoms with van der Waals surface area (Å²) in [6.07, 6.45) is 0. The quantitative estimate of drug-likeness (QED) is 0.659. The highest BCUT2D eigenvalue weighted by Gasteiger charge is 2.05. The van der Waals surface area contributed by atoms with E-state index in [0.29, 0.717) is 26.3 Å². The molecule has 0 saturated heterocycles. The van der Waals surface area contributed by atoms with Gasteiger partial charge in [-0.1, -0.05) is 17.7 Å². The summed E-state index contributed by atoms with van der Waals surface area (Å²) >= 11 is 0. The Kier molecular flexibility index (Phi) is 6.62. The van der Waals surface area contributed by atoms with Crippen LogP contribution in [-0.2, 0) is 4.74 Å². The largest absolute Gasteiger partial charge is 0.395 e. The summed E-state index contributed by atoms with van der Waals surface area (Å²) in [5, 5.41) is 17.6. The first-order valence-corrected chi connectivity index (χ1v) is 5.89. The lowest BCUT2D eigenvalue weighted by molar-refractivity contribution is 0.0962. The van der Waals surface area contributed by atoms with Gasteiger partial charge in [-0.2, -0.15) is 0 Å². The van der Waals surface area contributed by atoms with Crippen LogP contribution < -0.4 is 4.90 Å². The highest BCUT2D eigenvalue weighted by atomic mass is 16.5. The molecule has 4 heteroatoms. The molecule has 96 valence electrons. The predicted octanol–water partition coefficient (Wildman–Crippen LogP) is 0.803. The zero-order valence-electron chi connectivity index (χ0n) is 10.3. The lowest BCUT2D eigenvalue weighted by atomic mass is 10.2. The van der Waals surface area contributed by atoms with E-state index >= 15 is 0 Å². The number of rotatable bonds is 8. The van der Waals surface area contributed by atoms with Crippen molar-refractivity contribution in [2.75, 3.05) is 44.4 Å². The summed E-state index contributed by atoms with van der Waals surface area (Å²) in [4.78, 5) is 2.07. The molecule has 4 nitrogen and oxygen atoms in total. The number of aryl methyl sites for hydroxylation is 1. The number of ether oxygens (including phenoxy) is 1. The number of benzene rings is 1. The fourth-order valence-electron chi connectivity index (χ4n) is 1.59. The highest BCUT2D eigenvalue weighted by Crippen LogP contribution is 2.14. The second-order valence-electron chi connectivity index (χ2n) is 3.88. The minimum atomic E-state index is 0.0462. The van der Waals surface area contributed by atoms with Crippen molar-refractivity contribution < 1.29 is 14.9 Å². The first kappa shape index (κ1) is 14.0. The molecule has 0 bridgehead atoms. The fraction of sp³-hybridized carbons (Fsp3) is 0.538. The average Bonchev–Trinajstić information content (AvgIpc) is 2.34. The van der Waals surface area contributed by atoms with Gasteiger partial charge in [0.1, 0.15) is 0 Å². The number of hydrogen-bond donors (Lipinski definition) is 2. The van der Waals surface area contributed by atoms with Gasteiger partial charge in [-0.05, 0) is 19.1 Å². The Bertz CT molecular complexity index is 300. The molecule has 0 fully saturated rings. The van der Waals surface area contributed by atoms with Crippen molar-refractivity contribution in [2.24, 2.45) is 0 Å². The highest BCUT2D eigenvalue weighted by molar-refractivity contribution is 5.47. The third-order valence-corrected chi connectivity index (χ3v) is 2.51. The molecule has 0 aliphatic heterocycles. The number of aliphatic hydroxyl groups excluding tert-OH is 2. The van der Waals surface area contributed by atoms with Gasteiger partial charge in [0.15, 0.2) is 0 Å². The van der Waals surface area contributed by atoms with Gasteiger partial charge in [-0.25, -0.2) is 0 Å². The van der Waals surface area contributed by atoms with Gasteiger partial charge >= 0.3 is 0 Å². The summed E-state index contributed by atoms with van der Waals surface area (Å²) in [7, 11) is 0. The number of aliphatic hydroxyl groups is 2. The van der Waals surface area contributed by atoms with Crippen LogP contribution in [0.15, 0.2) is 24.3 Å². The molecule has 0 amide bonds. The lowest BCUT2D eigenvalue weighted by Crippen LogP contribution is -2.30. The van der Waals surface area contributed by atoms with E-state index in [0.717, 1.165) is 5.69 Å². The summed E-state index contributed by atoms with van der Waals surface area (Å²) in [5.41, 5.74) is 2.30. The van der Waals surface area contributed by atoms with Gasteiger partial charge in [0.25, 0.3) is 0 Å². The maximum atomic E-state index is 9.03. The topological polar surface area (TPSA) is 52.9 Å². The minimum absolute atomic E-state index is 0.0462. The van der Waals surface area contributed by atoms with Crippen LogP contribution in [0, 0.1) is 6.92 Å². The summed E-state index contributed by atoms with van der Waals surface area (Å²) in [5.74, 6) is 0. The molecule has 0 heterocycles. The van der Waals surface area contributed by atoms with E-state index in [-0.39, 0.29) is 13.2 Å². The Morgan fingerprint density at radius 2 is 1.71 bits per heavy atom. The van der Waals surface area contributed by atoms with Crippen molar-refractivity contribution >= 4 is 5.69 Å². The Morgan fingerprint density at radius 3 is 2.29 bits per heavy atom. The molecule has 0 radical (unpaired) electrons. The van der Waals surface area contributed by atoms with Crippen molar-refractivity contribution in [2.45, 2.75) is 6.92 Å². The first-order chi connectivity index (χ1) is 8.27. The molecular weight excluding hydrogens is 218 g/mol. The smallest absolute Gasteiger partial charge is 0.0698 e. The predicted molar refractivity (Wildman–Crippen MR) is 68.4 cm³/mol. The molecule has 1 aromatic carbocycles. The van der Waals surface area contributed by atoms with Crippen molar-refractivity contribution in [3.8, 4) is 0 Å². The second kappa shape index (κ2) is 8.06.